The Hall–Kier alpha value is -1.27. The molecule has 1 unspecified atom stereocenters. The van der Waals surface area contributed by atoms with Crippen LogP contribution < -0.4 is 5.32 Å². The molecular formula is C11H12BrN5. The molecule has 1 aliphatic heterocycles. The van der Waals surface area contributed by atoms with Crippen molar-refractivity contribution in [3.63, 3.8) is 0 Å². The molecule has 1 atom stereocenters. The van der Waals surface area contributed by atoms with Crippen LogP contribution in [0.15, 0.2) is 22.9 Å². The fourth-order valence-corrected chi connectivity index (χ4v) is 2.38. The number of nitrogens with one attached hydrogen (secondary N) is 2. The minimum absolute atomic E-state index is 0.316. The van der Waals surface area contributed by atoms with E-state index in [1.807, 2.05) is 6.07 Å². The Labute approximate surface area is 107 Å². The van der Waals surface area contributed by atoms with Crippen molar-refractivity contribution in [3.05, 3.63) is 28.8 Å². The molecule has 2 aromatic rings. The van der Waals surface area contributed by atoms with Gasteiger partial charge in [-0.3, -0.25) is 10.1 Å². The molecule has 3 rings (SSSR count). The summed E-state index contributed by atoms with van der Waals surface area (Å²) in [7, 11) is 0. The van der Waals surface area contributed by atoms with Gasteiger partial charge in [0.1, 0.15) is 5.82 Å². The van der Waals surface area contributed by atoms with Crippen molar-refractivity contribution in [1.29, 1.82) is 0 Å². The van der Waals surface area contributed by atoms with Gasteiger partial charge < -0.3 is 5.32 Å². The highest BCUT2D eigenvalue weighted by Crippen LogP contribution is 2.23. The summed E-state index contributed by atoms with van der Waals surface area (Å²) in [5.74, 6) is 1.61. The molecule has 0 aromatic carbocycles. The lowest BCUT2D eigenvalue weighted by Crippen LogP contribution is -2.14. The maximum atomic E-state index is 4.51. The van der Waals surface area contributed by atoms with E-state index in [1.54, 1.807) is 12.4 Å². The van der Waals surface area contributed by atoms with Crippen LogP contribution in [-0.2, 0) is 0 Å². The molecule has 0 aliphatic carbocycles. The summed E-state index contributed by atoms with van der Waals surface area (Å²) in [5, 5.41) is 10.6. The van der Waals surface area contributed by atoms with Crippen molar-refractivity contribution in [2.45, 2.75) is 18.9 Å². The monoisotopic (exact) mass is 293 g/mol. The highest BCUT2D eigenvalue weighted by atomic mass is 79.9. The number of hydrogen-bond donors (Lipinski definition) is 2. The molecule has 0 radical (unpaired) electrons. The number of hydrogen-bond acceptors (Lipinski definition) is 4. The first-order chi connectivity index (χ1) is 8.33. The highest BCUT2D eigenvalue weighted by molar-refractivity contribution is 9.10. The molecule has 6 heteroatoms. The van der Waals surface area contributed by atoms with E-state index in [0.717, 1.165) is 28.8 Å². The fraction of sp³-hybridized carbons (Fsp3) is 0.364. The normalized spacial score (nSPS) is 19.7. The molecule has 1 saturated heterocycles. The van der Waals surface area contributed by atoms with E-state index in [-0.39, 0.29) is 0 Å². The Morgan fingerprint density at radius 2 is 2.29 bits per heavy atom. The minimum Gasteiger partial charge on any atom is -0.307 e. The Morgan fingerprint density at radius 3 is 3.06 bits per heavy atom. The molecule has 17 heavy (non-hydrogen) atoms. The summed E-state index contributed by atoms with van der Waals surface area (Å²) in [6.45, 7) is 1.05. The van der Waals surface area contributed by atoms with Gasteiger partial charge in [-0.15, -0.1) is 0 Å². The van der Waals surface area contributed by atoms with E-state index >= 15 is 0 Å². The van der Waals surface area contributed by atoms with Gasteiger partial charge in [0, 0.05) is 22.4 Å². The van der Waals surface area contributed by atoms with Crippen molar-refractivity contribution >= 4 is 15.9 Å². The number of rotatable bonds is 2. The van der Waals surface area contributed by atoms with Crippen LogP contribution >= 0.6 is 15.9 Å². The average Bonchev–Trinajstić information content (AvgIpc) is 3.00. The van der Waals surface area contributed by atoms with Gasteiger partial charge in [0.2, 0.25) is 0 Å². The fourth-order valence-electron chi connectivity index (χ4n) is 2.01. The van der Waals surface area contributed by atoms with E-state index in [4.69, 9.17) is 0 Å². The standard InChI is InChI=1S/C11H12BrN5/c12-8-4-7(5-13-6-8)10-15-11(17-16-10)9-2-1-3-14-9/h4-6,9,14H,1-3H2,(H,15,16,17). The summed E-state index contributed by atoms with van der Waals surface area (Å²) in [6.07, 6.45) is 5.82. The summed E-state index contributed by atoms with van der Waals surface area (Å²) in [5.41, 5.74) is 0.917. The topological polar surface area (TPSA) is 66.5 Å². The smallest absolute Gasteiger partial charge is 0.182 e. The zero-order valence-electron chi connectivity index (χ0n) is 9.15. The summed E-state index contributed by atoms with van der Waals surface area (Å²) in [4.78, 5) is 8.62. The Bertz CT molecular complexity index is 518. The highest BCUT2D eigenvalue weighted by Gasteiger charge is 2.20. The number of halogens is 1. The second-order valence-corrected chi connectivity index (χ2v) is 5.00. The molecule has 88 valence electrons. The van der Waals surface area contributed by atoms with E-state index in [9.17, 15) is 0 Å². The summed E-state index contributed by atoms with van der Waals surface area (Å²) >= 11 is 3.39. The maximum absolute atomic E-state index is 4.51. The first-order valence-corrected chi connectivity index (χ1v) is 6.39. The molecule has 2 aromatic heterocycles. The van der Waals surface area contributed by atoms with E-state index in [2.05, 4.69) is 41.4 Å². The van der Waals surface area contributed by atoms with Crippen LogP contribution in [0, 0.1) is 0 Å². The molecule has 0 amide bonds. The van der Waals surface area contributed by atoms with Gasteiger partial charge in [-0.25, -0.2) is 4.98 Å². The Kier molecular flexibility index (Phi) is 2.90. The number of aromatic amines is 1. The van der Waals surface area contributed by atoms with Crippen molar-refractivity contribution < 1.29 is 0 Å². The molecule has 2 N–H and O–H groups in total. The number of aromatic nitrogens is 4. The van der Waals surface area contributed by atoms with Gasteiger partial charge >= 0.3 is 0 Å². The third kappa shape index (κ3) is 2.23. The summed E-state index contributed by atoms with van der Waals surface area (Å²) in [6, 6.07) is 2.28. The summed E-state index contributed by atoms with van der Waals surface area (Å²) < 4.78 is 0.931. The Balaban J connectivity index is 1.89. The molecule has 0 saturated carbocycles. The number of H-pyrrole nitrogens is 1. The molecule has 0 bridgehead atoms. The van der Waals surface area contributed by atoms with Crippen LogP contribution in [0.1, 0.15) is 24.7 Å². The molecule has 3 heterocycles. The van der Waals surface area contributed by atoms with Gasteiger partial charge in [0.05, 0.1) is 6.04 Å². The van der Waals surface area contributed by atoms with Crippen LogP contribution in [-0.4, -0.2) is 26.7 Å². The van der Waals surface area contributed by atoms with Crippen LogP contribution in [0.25, 0.3) is 11.4 Å². The average molecular weight is 294 g/mol. The van der Waals surface area contributed by atoms with Crippen LogP contribution in [0.5, 0.6) is 0 Å². The second kappa shape index (κ2) is 4.54. The van der Waals surface area contributed by atoms with Crippen LogP contribution in [0.2, 0.25) is 0 Å². The van der Waals surface area contributed by atoms with Gasteiger partial charge in [-0.05, 0) is 41.4 Å². The van der Waals surface area contributed by atoms with Gasteiger partial charge in [-0.1, -0.05) is 0 Å². The van der Waals surface area contributed by atoms with Crippen molar-refractivity contribution in [3.8, 4) is 11.4 Å². The third-order valence-corrected chi connectivity index (χ3v) is 3.29. The van der Waals surface area contributed by atoms with Gasteiger partial charge in [0.25, 0.3) is 0 Å². The van der Waals surface area contributed by atoms with Crippen molar-refractivity contribution in [2.75, 3.05) is 6.54 Å². The zero-order chi connectivity index (χ0) is 11.7. The molecule has 1 aliphatic rings. The molecular weight excluding hydrogens is 282 g/mol. The van der Waals surface area contributed by atoms with Crippen molar-refractivity contribution in [2.24, 2.45) is 0 Å². The Morgan fingerprint density at radius 1 is 1.35 bits per heavy atom. The number of nitrogens with zero attached hydrogens (tertiary/aromatic N) is 3. The predicted molar refractivity (Wildman–Crippen MR) is 67.3 cm³/mol. The lowest BCUT2D eigenvalue weighted by molar-refractivity contribution is 0.608. The van der Waals surface area contributed by atoms with E-state index in [0.29, 0.717) is 11.9 Å². The largest absolute Gasteiger partial charge is 0.307 e. The minimum atomic E-state index is 0.316. The first-order valence-electron chi connectivity index (χ1n) is 5.59. The lowest BCUT2D eigenvalue weighted by Gasteiger charge is -2.03. The first kappa shape index (κ1) is 10.9. The quantitative estimate of drug-likeness (QED) is 0.889. The molecule has 1 fully saturated rings. The number of pyridine rings is 1. The van der Waals surface area contributed by atoms with Crippen LogP contribution in [0.4, 0.5) is 0 Å². The van der Waals surface area contributed by atoms with E-state index < -0.39 is 0 Å². The van der Waals surface area contributed by atoms with Gasteiger partial charge in [0.15, 0.2) is 5.82 Å². The van der Waals surface area contributed by atoms with Crippen LogP contribution in [0.3, 0.4) is 0 Å². The molecule has 5 nitrogen and oxygen atoms in total. The SMILES string of the molecule is Brc1cncc(-c2n[nH]c(C3CCCN3)n2)c1. The van der Waals surface area contributed by atoms with Gasteiger partial charge in [-0.2, -0.15) is 5.10 Å². The third-order valence-electron chi connectivity index (χ3n) is 2.86. The van der Waals surface area contributed by atoms with Crippen molar-refractivity contribution in [1.82, 2.24) is 25.5 Å². The lowest BCUT2D eigenvalue weighted by atomic mass is 10.2. The zero-order valence-corrected chi connectivity index (χ0v) is 10.7. The van der Waals surface area contributed by atoms with E-state index in [1.165, 1.54) is 6.42 Å². The predicted octanol–water partition coefficient (Wildman–Crippen LogP) is 2.05. The second-order valence-electron chi connectivity index (χ2n) is 4.09. The molecule has 0 spiro atoms. The maximum Gasteiger partial charge on any atom is 0.182 e.